The van der Waals surface area contributed by atoms with Gasteiger partial charge >= 0.3 is 6.03 Å². The lowest BCUT2D eigenvalue weighted by atomic mass is 10.0. The Morgan fingerprint density at radius 1 is 1.33 bits per heavy atom. The number of carbonyl (C=O) groups is 1. The summed E-state index contributed by atoms with van der Waals surface area (Å²) in [6.07, 6.45) is 8.06. The smallest absolute Gasteiger partial charge is 0.317 e. The maximum Gasteiger partial charge on any atom is 0.317 e. The Labute approximate surface area is 112 Å². The van der Waals surface area contributed by atoms with E-state index in [0.717, 1.165) is 32.0 Å². The van der Waals surface area contributed by atoms with E-state index < -0.39 is 0 Å². The van der Waals surface area contributed by atoms with Gasteiger partial charge in [0.25, 0.3) is 0 Å². The average molecular weight is 254 g/mol. The summed E-state index contributed by atoms with van der Waals surface area (Å²) in [5.41, 5.74) is 0. The van der Waals surface area contributed by atoms with Gasteiger partial charge in [0.15, 0.2) is 0 Å². The molecule has 1 aliphatic rings. The van der Waals surface area contributed by atoms with E-state index in [2.05, 4.69) is 19.2 Å². The van der Waals surface area contributed by atoms with Crippen LogP contribution >= 0.6 is 0 Å². The predicted molar refractivity (Wildman–Crippen MR) is 76.7 cm³/mol. The fourth-order valence-electron chi connectivity index (χ4n) is 2.79. The Balaban J connectivity index is 2.10. The van der Waals surface area contributed by atoms with Crippen LogP contribution in [-0.2, 0) is 0 Å². The molecule has 2 amide bonds. The van der Waals surface area contributed by atoms with Crippen LogP contribution in [0.1, 0.15) is 59.3 Å². The molecule has 0 bridgehead atoms. The third kappa shape index (κ3) is 5.74. The van der Waals surface area contributed by atoms with Crippen molar-refractivity contribution in [1.82, 2.24) is 10.2 Å². The molecule has 106 valence electrons. The maximum atomic E-state index is 11.9. The normalized spacial score (nSPS) is 16.2. The maximum absolute atomic E-state index is 11.9. The summed E-state index contributed by atoms with van der Waals surface area (Å²) < 4.78 is 0. The molecule has 0 unspecified atom stereocenters. The zero-order chi connectivity index (χ0) is 13.4. The second kappa shape index (κ2) is 8.39. The lowest BCUT2D eigenvalue weighted by molar-refractivity contribution is 0.193. The summed E-state index contributed by atoms with van der Waals surface area (Å²) in [4.78, 5) is 13.8. The lowest BCUT2D eigenvalue weighted by Crippen LogP contribution is -2.42. The van der Waals surface area contributed by atoms with E-state index in [-0.39, 0.29) is 6.03 Å². The number of urea groups is 1. The molecule has 1 saturated carbocycles. The zero-order valence-electron chi connectivity index (χ0n) is 12.4. The number of rotatable bonds is 7. The van der Waals surface area contributed by atoms with Gasteiger partial charge < -0.3 is 10.2 Å². The predicted octanol–water partition coefficient (Wildman–Crippen LogP) is 3.64. The van der Waals surface area contributed by atoms with Crippen molar-refractivity contribution in [2.45, 2.75) is 59.3 Å². The van der Waals surface area contributed by atoms with E-state index in [1.54, 1.807) is 0 Å². The SMILES string of the molecule is CCN(CC(C)C)C(=O)NCCCC1CCCC1. The van der Waals surface area contributed by atoms with Crippen LogP contribution in [0, 0.1) is 11.8 Å². The van der Waals surface area contributed by atoms with Gasteiger partial charge in [0, 0.05) is 19.6 Å². The molecule has 0 aliphatic heterocycles. The van der Waals surface area contributed by atoms with Crippen LogP contribution in [0.3, 0.4) is 0 Å². The second-order valence-electron chi connectivity index (χ2n) is 5.96. The number of hydrogen-bond acceptors (Lipinski definition) is 1. The van der Waals surface area contributed by atoms with Crippen LogP contribution in [0.4, 0.5) is 4.79 Å². The third-order valence-corrected chi connectivity index (χ3v) is 3.79. The first-order chi connectivity index (χ1) is 8.63. The summed E-state index contributed by atoms with van der Waals surface area (Å²) in [5, 5.41) is 3.05. The van der Waals surface area contributed by atoms with Crippen LogP contribution < -0.4 is 5.32 Å². The number of carbonyl (C=O) groups excluding carboxylic acids is 1. The molecule has 0 aromatic carbocycles. The molecule has 18 heavy (non-hydrogen) atoms. The summed E-state index contributed by atoms with van der Waals surface area (Å²) in [5.74, 6) is 1.47. The van der Waals surface area contributed by atoms with Gasteiger partial charge in [0.05, 0.1) is 0 Å². The second-order valence-corrected chi connectivity index (χ2v) is 5.96. The highest BCUT2D eigenvalue weighted by Gasteiger charge is 2.15. The molecular formula is C15H30N2O. The molecule has 0 aromatic heterocycles. The van der Waals surface area contributed by atoms with Gasteiger partial charge in [-0.05, 0) is 31.6 Å². The summed E-state index contributed by atoms with van der Waals surface area (Å²) >= 11 is 0. The minimum absolute atomic E-state index is 0.109. The molecule has 1 rings (SSSR count). The van der Waals surface area contributed by atoms with Gasteiger partial charge in [-0.25, -0.2) is 4.79 Å². The Morgan fingerprint density at radius 3 is 2.56 bits per heavy atom. The van der Waals surface area contributed by atoms with E-state index >= 15 is 0 Å². The van der Waals surface area contributed by atoms with E-state index in [4.69, 9.17) is 0 Å². The fourth-order valence-corrected chi connectivity index (χ4v) is 2.79. The molecule has 0 radical (unpaired) electrons. The number of nitrogens with zero attached hydrogens (tertiary/aromatic N) is 1. The molecule has 0 saturated heterocycles. The number of amides is 2. The molecule has 1 aliphatic carbocycles. The first-order valence-corrected chi connectivity index (χ1v) is 7.66. The van der Waals surface area contributed by atoms with Crippen molar-refractivity contribution in [3.8, 4) is 0 Å². The monoisotopic (exact) mass is 254 g/mol. The topological polar surface area (TPSA) is 32.3 Å². The standard InChI is InChI=1S/C15H30N2O/c1-4-17(12-13(2)3)15(18)16-11-7-10-14-8-5-6-9-14/h13-14H,4-12H2,1-3H3,(H,16,18). The quantitative estimate of drug-likeness (QED) is 0.691. The van der Waals surface area contributed by atoms with E-state index in [0.29, 0.717) is 5.92 Å². The Kier molecular flexibility index (Phi) is 7.14. The molecular weight excluding hydrogens is 224 g/mol. The fraction of sp³-hybridized carbons (Fsp3) is 0.933. The summed E-state index contributed by atoms with van der Waals surface area (Å²) in [7, 11) is 0. The van der Waals surface area contributed by atoms with E-state index in [1.165, 1.54) is 32.1 Å². The minimum atomic E-state index is 0.109. The largest absolute Gasteiger partial charge is 0.338 e. The van der Waals surface area contributed by atoms with Crippen LogP contribution in [0.5, 0.6) is 0 Å². The van der Waals surface area contributed by atoms with Gasteiger partial charge in [-0.15, -0.1) is 0 Å². The molecule has 0 spiro atoms. The molecule has 0 heterocycles. The summed E-state index contributed by atoms with van der Waals surface area (Å²) in [6.45, 7) is 8.83. The molecule has 1 N–H and O–H groups in total. The Morgan fingerprint density at radius 2 is 2.00 bits per heavy atom. The number of nitrogens with one attached hydrogen (secondary N) is 1. The van der Waals surface area contributed by atoms with Gasteiger partial charge in [-0.2, -0.15) is 0 Å². The van der Waals surface area contributed by atoms with Crippen molar-refractivity contribution >= 4 is 6.03 Å². The van der Waals surface area contributed by atoms with Gasteiger partial charge in [0.1, 0.15) is 0 Å². The van der Waals surface area contributed by atoms with Crippen LogP contribution in [0.2, 0.25) is 0 Å². The lowest BCUT2D eigenvalue weighted by Gasteiger charge is -2.23. The van der Waals surface area contributed by atoms with Crippen LogP contribution in [-0.4, -0.2) is 30.6 Å². The van der Waals surface area contributed by atoms with Crippen molar-refractivity contribution in [3.63, 3.8) is 0 Å². The van der Waals surface area contributed by atoms with Crippen LogP contribution in [0.15, 0.2) is 0 Å². The van der Waals surface area contributed by atoms with Crippen molar-refractivity contribution < 1.29 is 4.79 Å². The highest BCUT2D eigenvalue weighted by Crippen LogP contribution is 2.28. The minimum Gasteiger partial charge on any atom is -0.338 e. The molecule has 0 atom stereocenters. The highest BCUT2D eigenvalue weighted by molar-refractivity contribution is 5.74. The number of hydrogen-bond donors (Lipinski definition) is 1. The van der Waals surface area contributed by atoms with E-state index in [1.807, 2.05) is 11.8 Å². The van der Waals surface area contributed by atoms with Gasteiger partial charge in [0.2, 0.25) is 0 Å². The molecule has 3 heteroatoms. The average Bonchev–Trinajstić information content (AvgIpc) is 2.84. The molecule has 0 aromatic rings. The first-order valence-electron chi connectivity index (χ1n) is 7.66. The van der Waals surface area contributed by atoms with Crippen molar-refractivity contribution in [2.24, 2.45) is 11.8 Å². The van der Waals surface area contributed by atoms with Crippen molar-refractivity contribution in [3.05, 3.63) is 0 Å². The highest BCUT2D eigenvalue weighted by atomic mass is 16.2. The Bertz CT molecular complexity index is 235. The van der Waals surface area contributed by atoms with E-state index in [9.17, 15) is 4.79 Å². The Hall–Kier alpha value is -0.730. The van der Waals surface area contributed by atoms with Gasteiger partial charge in [-0.1, -0.05) is 39.5 Å². The van der Waals surface area contributed by atoms with Crippen molar-refractivity contribution in [1.29, 1.82) is 0 Å². The third-order valence-electron chi connectivity index (χ3n) is 3.79. The van der Waals surface area contributed by atoms with Crippen LogP contribution in [0.25, 0.3) is 0 Å². The van der Waals surface area contributed by atoms with Gasteiger partial charge in [-0.3, -0.25) is 0 Å². The molecule has 3 nitrogen and oxygen atoms in total. The van der Waals surface area contributed by atoms with Crippen molar-refractivity contribution in [2.75, 3.05) is 19.6 Å². The zero-order valence-corrected chi connectivity index (χ0v) is 12.4. The summed E-state index contributed by atoms with van der Waals surface area (Å²) in [6, 6.07) is 0.109. The molecule has 1 fully saturated rings. The first kappa shape index (κ1) is 15.3.